The fourth-order valence-electron chi connectivity index (χ4n) is 2.99. The molecule has 1 saturated heterocycles. The van der Waals surface area contributed by atoms with E-state index in [1.807, 2.05) is 0 Å². The average Bonchev–Trinajstić information content (AvgIpc) is 2.75. The second-order valence-electron chi connectivity index (χ2n) is 5.35. The molecule has 16 heavy (non-hydrogen) atoms. The Balaban J connectivity index is 1.78. The fraction of sp³-hybridized carbons (Fsp3) is 0.917. The number of amides is 1. The zero-order valence-electron chi connectivity index (χ0n) is 10.0. The molecule has 4 nitrogen and oxygen atoms in total. The third-order valence-electron chi connectivity index (χ3n) is 3.73. The number of likely N-dealkylation sites (tertiary alicyclic amines) is 1. The van der Waals surface area contributed by atoms with E-state index in [0.717, 1.165) is 51.7 Å². The maximum absolute atomic E-state index is 10.9. The molecule has 1 unspecified atom stereocenters. The van der Waals surface area contributed by atoms with Crippen LogP contribution in [0, 0.1) is 0 Å². The van der Waals surface area contributed by atoms with Gasteiger partial charge >= 0.3 is 0 Å². The maximum Gasteiger partial charge on any atom is 0.217 e. The van der Waals surface area contributed by atoms with Gasteiger partial charge in [-0.15, -0.1) is 0 Å². The molecule has 1 amide bonds. The van der Waals surface area contributed by atoms with Crippen molar-refractivity contribution >= 4 is 5.91 Å². The maximum atomic E-state index is 10.9. The molecular weight excluding hydrogens is 204 g/mol. The minimum atomic E-state index is -0.453. The van der Waals surface area contributed by atoms with E-state index < -0.39 is 5.60 Å². The van der Waals surface area contributed by atoms with Crippen molar-refractivity contribution in [1.29, 1.82) is 0 Å². The van der Waals surface area contributed by atoms with Crippen LogP contribution in [0.1, 0.15) is 39.0 Å². The number of carbonyl (C=O) groups is 1. The van der Waals surface area contributed by atoms with Gasteiger partial charge in [0.05, 0.1) is 5.60 Å². The van der Waals surface area contributed by atoms with Crippen LogP contribution in [-0.2, 0) is 4.79 Å². The lowest BCUT2D eigenvalue weighted by Gasteiger charge is -2.28. The Morgan fingerprint density at radius 3 is 2.81 bits per heavy atom. The molecule has 1 heterocycles. The first kappa shape index (κ1) is 11.9. The van der Waals surface area contributed by atoms with Crippen LogP contribution >= 0.6 is 0 Å². The molecule has 1 saturated carbocycles. The number of carbonyl (C=O) groups excluding carboxylic acids is 1. The van der Waals surface area contributed by atoms with Gasteiger partial charge in [-0.05, 0) is 19.3 Å². The fourth-order valence-corrected chi connectivity index (χ4v) is 2.99. The van der Waals surface area contributed by atoms with E-state index in [1.165, 1.54) is 0 Å². The first-order valence-electron chi connectivity index (χ1n) is 6.29. The van der Waals surface area contributed by atoms with Crippen molar-refractivity contribution in [3.05, 3.63) is 0 Å². The van der Waals surface area contributed by atoms with Crippen molar-refractivity contribution in [3.63, 3.8) is 0 Å². The summed E-state index contributed by atoms with van der Waals surface area (Å²) in [6.07, 6.45) is 5.19. The normalized spacial score (nSPS) is 29.5. The Morgan fingerprint density at radius 1 is 1.50 bits per heavy atom. The summed E-state index contributed by atoms with van der Waals surface area (Å²) in [6, 6.07) is 0.280. The standard InChI is InChI=1S/C12H22N2O2/c1-10(15)13-11-4-7-14(8-11)9-12(16)5-2-3-6-12/h11,16H,2-9H2,1H3,(H,13,15). The molecule has 4 heteroatoms. The first-order chi connectivity index (χ1) is 7.57. The zero-order chi connectivity index (χ0) is 11.6. The molecule has 0 aromatic carbocycles. The van der Waals surface area contributed by atoms with E-state index in [4.69, 9.17) is 0 Å². The highest BCUT2D eigenvalue weighted by Gasteiger charge is 2.35. The van der Waals surface area contributed by atoms with E-state index in [9.17, 15) is 9.90 Å². The summed E-state index contributed by atoms with van der Waals surface area (Å²) in [6.45, 7) is 4.23. The molecule has 2 N–H and O–H groups in total. The second-order valence-corrected chi connectivity index (χ2v) is 5.35. The zero-order valence-corrected chi connectivity index (χ0v) is 10.0. The molecule has 1 aliphatic carbocycles. The quantitative estimate of drug-likeness (QED) is 0.737. The van der Waals surface area contributed by atoms with Gasteiger partial charge in [0.25, 0.3) is 0 Å². The molecule has 1 atom stereocenters. The molecule has 2 rings (SSSR count). The molecule has 2 aliphatic rings. The monoisotopic (exact) mass is 226 g/mol. The van der Waals surface area contributed by atoms with Crippen LogP contribution in [0.5, 0.6) is 0 Å². The van der Waals surface area contributed by atoms with Gasteiger partial charge in [-0.3, -0.25) is 9.69 Å². The van der Waals surface area contributed by atoms with Crippen LogP contribution in [0.3, 0.4) is 0 Å². The van der Waals surface area contributed by atoms with Crippen LogP contribution in [0.25, 0.3) is 0 Å². The van der Waals surface area contributed by atoms with Gasteiger partial charge < -0.3 is 10.4 Å². The predicted octanol–water partition coefficient (Wildman–Crippen LogP) is 0.502. The Hall–Kier alpha value is -0.610. The number of nitrogens with one attached hydrogen (secondary N) is 1. The highest BCUT2D eigenvalue weighted by Crippen LogP contribution is 2.31. The third-order valence-corrected chi connectivity index (χ3v) is 3.73. The molecule has 0 radical (unpaired) electrons. The number of hydrogen-bond donors (Lipinski definition) is 2. The van der Waals surface area contributed by atoms with E-state index >= 15 is 0 Å². The molecule has 0 bridgehead atoms. The Kier molecular flexibility index (Phi) is 3.50. The second kappa shape index (κ2) is 4.72. The van der Waals surface area contributed by atoms with E-state index in [2.05, 4.69) is 10.2 Å². The van der Waals surface area contributed by atoms with Crippen LogP contribution in [0.4, 0.5) is 0 Å². The van der Waals surface area contributed by atoms with Gasteiger partial charge in [-0.25, -0.2) is 0 Å². The lowest BCUT2D eigenvalue weighted by Crippen LogP contribution is -2.42. The first-order valence-corrected chi connectivity index (χ1v) is 6.29. The van der Waals surface area contributed by atoms with Gasteiger partial charge in [-0.2, -0.15) is 0 Å². The third kappa shape index (κ3) is 2.95. The minimum Gasteiger partial charge on any atom is -0.389 e. The van der Waals surface area contributed by atoms with Gasteiger partial charge in [0.2, 0.25) is 5.91 Å². The van der Waals surface area contributed by atoms with Crippen molar-refractivity contribution in [1.82, 2.24) is 10.2 Å². The Bertz CT molecular complexity index is 262. The van der Waals surface area contributed by atoms with Crippen molar-refractivity contribution in [2.45, 2.75) is 50.7 Å². The number of aliphatic hydroxyl groups is 1. The van der Waals surface area contributed by atoms with Crippen molar-refractivity contribution in [3.8, 4) is 0 Å². The van der Waals surface area contributed by atoms with Gasteiger partial charge in [0.1, 0.15) is 0 Å². The highest BCUT2D eigenvalue weighted by molar-refractivity contribution is 5.73. The van der Waals surface area contributed by atoms with Crippen LogP contribution in [-0.4, -0.2) is 47.2 Å². The molecule has 0 aromatic heterocycles. The summed E-state index contributed by atoms with van der Waals surface area (Å²) in [5.41, 5.74) is -0.453. The predicted molar refractivity (Wildman–Crippen MR) is 62.1 cm³/mol. The number of nitrogens with zero attached hydrogens (tertiary/aromatic N) is 1. The molecule has 0 aromatic rings. The number of β-amino-alcohol motifs (C(OH)–C–C–N with tert-alkyl or cyclic N) is 1. The van der Waals surface area contributed by atoms with E-state index in [-0.39, 0.29) is 11.9 Å². The lowest BCUT2D eigenvalue weighted by molar-refractivity contribution is -0.119. The van der Waals surface area contributed by atoms with E-state index in [0.29, 0.717) is 0 Å². The van der Waals surface area contributed by atoms with Crippen LogP contribution in [0.15, 0.2) is 0 Å². The topological polar surface area (TPSA) is 52.6 Å². The summed E-state index contributed by atoms with van der Waals surface area (Å²) in [7, 11) is 0. The average molecular weight is 226 g/mol. The van der Waals surface area contributed by atoms with Crippen molar-refractivity contribution in [2.75, 3.05) is 19.6 Å². The summed E-state index contributed by atoms with van der Waals surface area (Å²) in [5.74, 6) is 0.0476. The molecule has 2 fully saturated rings. The Morgan fingerprint density at radius 2 is 2.19 bits per heavy atom. The molecule has 1 aliphatic heterocycles. The Labute approximate surface area is 97.0 Å². The van der Waals surface area contributed by atoms with E-state index in [1.54, 1.807) is 6.92 Å². The summed E-state index contributed by atoms with van der Waals surface area (Å²) in [4.78, 5) is 13.2. The highest BCUT2D eigenvalue weighted by atomic mass is 16.3. The van der Waals surface area contributed by atoms with Gasteiger partial charge in [0, 0.05) is 32.6 Å². The van der Waals surface area contributed by atoms with Gasteiger partial charge in [0.15, 0.2) is 0 Å². The van der Waals surface area contributed by atoms with Crippen LogP contribution < -0.4 is 5.32 Å². The number of rotatable bonds is 3. The van der Waals surface area contributed by atoms with Crippen molar-refractivity contribution < 1.29 is 9.90 Å². The molecular formula is C12H22N2O2. The van der Waals surface area contributed by atoms with Crippen molar-refractivity contribution in [2.24, 2.45) is 0 Å². The lowest BCUT2D eigenvalue weighted by atomic mass is 10.0. The minimum absolute atomic E-state index is 0.0476. The molecule has 92 valence electrons. The van der Waals surface area contributed by atoms with Gasteiger partial charge in [-0.1, -0.05) is 12.8 Å². The largest absolute Gasteiger partial charge is 0.389 e. The summed E-state index contributed by atoms with van der Waals surface area (Å²) in [5, 5.41) is 13.2. The summed E-state index contributed by atoms with van der Waals surface area (Å²) >= 11 is 0. The SMILES string of the molecule is CC(=O)NC1CCN(CC2(O)CCCC2)C1. The molecule has 0 spiro atoms. The van der Waals surface area contributed by atoms with Crippen LogP contribution in [0.2, 0.25) is 0 Å². The summed E-state index contributed by atoms with van der Waals surface area (Å²) < 4.78 is 0. The smallest absolute Gasteiger partial charge is 0.217 e. The number of hydrogen-bond acceptors (Lipinski definition) is 3.